The number of rotatable bonds is 4. The van der Waals surface area contributed by atoms with Crippen molar-refractivity contribution in [2.24, 2.45) is 0 Å². The van der Waals surface area contributed by atoms with Crippen molar-refractivity contribution in [3.63, 3.8) is 0 Å². The van der Waals surface area contributed by atoms with Crippen LogP contribution in [-0.4, -0.2) is 47.3 Å². The Morgan fingerprint density at radius 2 is 1.96 bits per heavy atom. The number of hydrogen-bond acceptors (Lipinski definition) is 6. The molecule has 26 heavy (non-hydrogen) atoms. The predicted octanol–water partition coefficient (Wildman–Crippen LogP) is 2.91. The summed E-state index contributed by atoms with van der Waals surface area (Å²) in [4.78, 5) is 21.8. The molecular formula is C19H18N4O3. The van der Waals surface area contributed by atoms with Gasteiger partial charge in [-0.05, 0) is 36.4 Å². The summed E-state index contributed by atoms with van der Waals surface area (Å²) in [5.41, 5.74) is 3.05. The molecule has 1 fully saturated rings. The van der Waals surface area contributed by atoms with E-state index >= 15 is 0 Å². The number of carbonyl (C=O) groups is 1. The van der Waals surface area contributed by atoms with Crippen molar-refractivity contribution in [1.29, 1.82) is 0 Å². The molecule has 0 aliphatic carbocycles. The highest BCUT2D eigenvalue weighted by Gasteiger charge is 2.13. The third-order valence-electron chi connectivity index (χ3n) is 4.37. The molecule has 0 bridgehead atoms. The molecule has 3 heterocycles. The minimum absolute atomic E-state index is 0.157. The van der Waals surface area contributed by atoms with Gasteiger partial charge in [-0.3, -0.25) is 4.98 Å². The quantitative estimate of drug-likeness (QED) is 0.748. The summed E-state index contributed by atoms with van der Waals surface area (Å²) in [5, 5.41) is 13.2. The number of fused-ring (bicyclic) bond motifs is 1. The van der Waals surface area contributed by atoms with Crippen molar-refractivity contribution in [3.8, 4) is 0 Å². The van der Waals surface area contributed by atoms with Crippen LogP contribution in [0.25, 0.3) is 10.9 Å². The number of carboxylic acid groups (broad SMARTS) is 1. The third kappa shape index (κ3) is 3.29. The Hall–Kier alpha value is -3.19. The van der Waals surface area contributed by atoms with E-state index in [0.29, 0.717) is 5.82 Å². The zero-order valence-corrected chi connectivity index (χ0v) is 14.1. The van der Waals surface area contributed by atoms with Gasteiger partial charge in [0.25, 0.3) is 0 Å². The van der Waals surface area contributed by atoms with Gasteiger partial charge in [-0.2, -0.15) is 0 Å². The predicted molar refractivity (Wildman–Crippen MR) is 99.3 cm³/mol. The topological polar surface area (TPSA) is 87.6 Å². The Morgan fingerprint density at radius 3 is 2.69 bits per heavy atom. The lowest BCUT2D eigenvalue weighted by atomic mass is 10.1. The van der Waals surface area contributed by atoms with Crippen LogP contribution in [0.5, 0.6) is 0 Å². The van der Waals surface area contributed by atoms with Crippen molar-refractivity contribution >= 4 is 34.1 Å². The van der Waals surface area contributed by atoms with Crippen LogP contribution in [0.2, 0.25) is 0 Å². The fraction of sp³-hybridized carbons (Fsp3) is 0.211. The molecule has 0 amide bonds. The number of benzene rings is 1. The number of hydrogen-bond donors (Lipinski definition) is 2. The molecule has 0 saturated carbocycles. The minimum atomic E-state index is -0.992. The molecule has 2 N–H and O–H groups in total. The number of aromatic nitrogens is 2. The van der Waals surface area contributed by atoms with Crippen LogP contribution in [0.4, 0.5) is 17.2 Å². The van der Waals surface area contributed by atoms with Crippen LogP contribution < -0.4 is 10.2 Å². The Kier molecular flexibility index (Phi) is 4.37. The first kappa shape index (κ1) is 16.3. The first-order chi connectivity index (χ1) is 12.7. The molecule has 7 nitrogen and oxygen atoms in total. The Labute approximate surface area is 150 Å². The monoisotopic (exact) mass is 350 g/mol. The van der Waals surface area contributed by atoms with E-state index in [9.17, 15) is 4.79 Å². The number of pyridine rings is 2. The second-order valence-corrected chi connectivity index (χ2v) is 6.02. The van der Waals surface area contributed by atoms with Crippen LogP contribution >= 0.6 is 0 Å². The average molecular weight is 350 g/mol. The summed E-state index contributed by atoms with van der Waals surface area (Å²) >= 11 is 0. The zero-order valence-electron chi connectivity index (χ0n) is 14.1. The highest BCUT2D eigenvalue weighted by atomic mass is 16.5. The summed E-state index contributed by atoms with van der Waals surface area (Å²) < 4.78 is 5.42. The smallest absolute Gasteiger partial charge is 0.337 e. The van der Waals surface area contributed by atoms with Gasteiger partial charge in [-0.1, -0.05) is 0 Å². The highest BCUT2D eigenvalue weighted by molar-refractivity contribution is 5.95. The Morgan fingerprint density at radius 1 is 1.12 bits per heavy atom. The third-order valence-corrected chi connectivity index (χ3v) is 4.37. The number of anilines is 3. The Bertz CT molecular complexity index is 937. The molecule has 0 atom stereocenters. The largest absolute Gasteiger partial charge is 0.478 e. The normalized spacial score (nSPS) is 14.4. The molecule has 1 aliphatic heterocycles. The van der Waals surface area contributed by atoms with Gasteiger partial charge in [0, 0.05) is 36.6 Å². The number of aromatic carboxylic acids is 1. The van der Waals surface area contributed by atoms with Crippen LogP contribution in [0.15, 0.2) is 48.8 Å². The molecule has 0 spiro atoms. The van der Waals surface area contributed by atoms with E-state index in [0.717, 1.165) is 48.6 Å². The van der Waals surface area contributed by atoms with Crippen LogP contribution in [0.1, 0.15) is 10.4 Å². The van der Waals surface area contributed by atoms with Gasteiger partial charge >= 0.3 is 5.97 Å². The SMILES string of the molecule is O=C(O)c1ccc(Nc2ccnc3ccc(N4CCOCC4)cc23)nc1. The molecule has 0 unspecified atom stereocenters. The number of carboxylic acids is 1. The second-order valence-electron chi connectivity index (χ2n) is 6.02. The van der Waals surface area contributed by atoms with Crippen molar-refractivity contribution in [3.05, 3.63) is 54.4 Å². The van der Waals surface area contributed by atoms with Gasteiger partial charge in [0.05, 0.1) is 30.0 Å². The summed E-state index contributed by atoms with van der Waals surface area (Å²) in [6.07, 6.45) is 3.08. The standard InChI is InChI=1S/C19H18N4O3/c24-19(25)13-1-4-18(21-12-13)22-17-5-6-20-16-3-2-14(11-15(16)17)23-7-9-26-10-8-23/h1-6,11-12H,7-10H2,(H,24,25)(H,20,21,22). The van der Waals surface area contributed by atoms with Gasteiger partial charge in [-0.25, -0.2) is 9.78 Å². The van der Waals surface area contributed by atoms with Gasteiger partial charge in [0.2, 0.25) is 0 Å². The Balaban J connectivity index is 1.66. The first-order valence-corrected chi connectivity index (χ1v) is 8.38. The van der Waals surface area contributed by atoms with E-state index in [2.05, 4.69) is 32.3 Å². The van der Waals surface area contributed by atoms with Crippen LogP contribution in [0, 0.1) is 0 Å². The summed E-state index contributed by atoms with van der Waals surface area (Å²) in [5.74, 6) is -0.409. The van der Waals surface area contributed by atoms with Crippen molar-refractivity contribution < 1.29 is 14.6 Å². The van der Waals surface area contributed by atoms with E-state index in [4.69, 9.17) is 9.84 Å². The summed E-state index contributed by atoms with van der Waals surface area (Å²) in [6, 6.07) is 11.3. The average Bonchev–Trinajstić information content (AvgIpc) is 2.69. The number of nitrogens with one attached hydrogen (secondary N) is 1. The van der Waals surface area contributed by atoms with Crippen molar-refractivity contribution in [2.75, 3.05) is 36.5 Å². The van der Waals surface area contributed by atoms with Crippen molar-refractivity contribution in [2.45, 2.75) is 0 Å². The van der Waals surface area contributed by atoms with Crippen molar-refractivity contribution in [1.82, 2.24) is 9.97 Å². The second kappa shape index (κ2) is 6.97. The maximum atomic E-state index is 11.0. The van der Waals surface area contributed by atoms with E-state index < -0.39 is 5.97 Å². The van der Waals surface area contributed by atoms with E-state index in [1.807, 2.05) is 12.1 Å². The molecule has 1 saturated heterocycles. The molecule has 132 valence electrons. The minimum Gasteiger partial charge on any atom is -0.478 e. The fourth-order valence-electron chi connectivity index (χ4n) is 2.99. The maximum Gasteiger partial charge on any atom is 0.337 e. The zero-order chi connectivity index (χ0) is 17.9. The molecule has 4 rings (SSSR count). The van der Waals surface area contributed by atoms with E-state index in [1.165, 1.54) is 12.3 Å². The van der Waals surface area contributed by atoms with Gasteiger partial charge in [0.1, 0.15) is 5.82 Å². The summed E-state index contributed by atoms with van der Waals surface area (Å²) in [6.45, 7) is 3.20. The van der Waals surface area contributed by atoms with Crippen LogP contribution in [0.3, 0.4) is 0 Å². The molecule has 1 aliphatic rings. The number of morpholine rings is 1. The molecule has 1 aromatic carbocycles. The van der Waals surface area contributed by atoms with Gasteiger partial charge in [-0.15, -0.1) is 0 Å². The first-order valence-electron chi connectivity index (χ1n) is 8.38. The lowest BCUT2D eigenvalue weighted by Gasteiger charge is -2.29. The molecule has 3 aromatic rings. The molecule has 7 heteroatoms. The molecule has 2 aromatic heterocycles. The molecular weight excluding hydrogens is 332 g/mol. The summed E-state index contributed by atoms with van der Waals surface area (Å²) in [7, 11) is 0. The number of nitrogens with zero attached hydrogens (tertiary/aromatic N) is 3. The van der Waals surface area contributed by atoms with E-state index in [-0.39, 0.29) is 5.56 Å². The fourth-order valence-corrected chi connectivity index (χ4v) is 2.99. The molecule has 0 radical (unpaired) electrons. The maximum absolute atomic E-state index is 11.0. The lowest BCUT2D eigenvalue weighted by molar-refractivity contribution is 0.0696. The van der Waals surface area contributed by atoms with Gasteiger partial charge < -0.3 is 20.1 Å². The lowest BCUT2D eigenvalue weighted by Crippen LogP contribution is -2.36. The van der Waals surface area contributed by atoms with E-state index in [1.54, 1.807) is 12.3 Å². The number of ether oxygens (including phenoxy) is 1. The van der Waals surface area contributed by atoms with Crippen LogP contribution in [-0.2, 0) is 4.74 Å². The highest BCUT2D eigenvalue weighted by Crippen LogP contribution is 2.29. The van der Waals surface area contributed by atoms with Gasteiger partial charge in [0.15, 0.2) is 0 Å².